The first kappa shape index (κ1) is 17.9. The molecule has 3 rings (SSSR count). The quantitative estimate of drug-likeness (QED) is 0.794. The molecule has 2 aliphatic rings. The van der Waals surface area contributed by atoms with Gasteiger partial charge in [0.1, 0.15) is 5.71 Å². The molecule has 8 heteroatoms. The maximum absolute atomic E-state index is 12.0. The number of urea groups is 1. The molecular weight excluding hydrogens is 356 g/mol. The lowest BCUT2D eigenvalue weighted by atomic mass is 10.1. The van der Waals surface area contributed by atoms with Gasteiger partial charge in [0, 0.05) is 17.2 Å². The van der Waals surface area contributed by atoms with Crippen LogP contribution in [0.3, 0.4) is 0 Å². The van der Waals surface area contributed by atoms with Crippen LogP contribution in [0.25, 0.3) is 0 Å². The smallest absolute Gasteiger partial charge is 0.348 e. The second-order valence-electron chi connectivity index (χ2n) is 5.79. The summed E-state index contributed by atoms with van der Waals surface area (Å²) in [5, 5.41) is 4.51. The Morgan fingerprint density at radius 3 is 2.85 bits per heavy atom. The summed E-state index contributed by atoms with van der Waals surface area (Å²) in [6.07, 6.45) is 6.51. The lowest BCUT2D eigenvalue weighted by Gasteiger charge is -2.21. The summed E-state index contributed by atoms with van der Waals surface area (Å²) < 4.78 is 0. The highest BCUT2D eigenvalue weighted by Crippen LogP contribution is 2.13. The van der Waals surface area contributed by atoms with E-state index in [1.165, 1.54) is 23.8 Å². The van der Waals surface area contributed by atoms with E-state index in [1.54, 1.807) is 11.2 Å². The Bertz CT molecular complexity index is 830. The number of halogens is 1. The lowest BCUT2D eigenvalue weighted by Crippen LogP contribution is -2.37. The summed E-state index contributed by atoms with van der Waals surface area (Å²) in [5.41, 5.74) is 3.92. The van der Waals surface area contributed by atoms with Crippen molar-refractivity contribution in [2.75, 3.05) is 0 Å². The van der Waals surface area contributed by atoms with E-state index in [-0.39, 0.29) is 17.6 Å². The van der Waals surface area contributed by atoms with Crippen LogP contribution in [0, 0.1) is 0 Å². The maximum Gasteiger partial charge on any atom is 0.348 e. The molecule has 26 heavy (non-hydrogen) atoms. The molecule has 134 valence electrons. The molecule has 2 N–H and O–H groups in total. The normalized spacial score (nSPS) is 19.1. The number of aliphatic imine (C=N–C) groups is 1. The van der Waals surface area contributed by atoms with Gasteiger partial charge in [-0.3, -0.25) is 15.1 Å². The molecule has 0 aromatic heterocycles. The van der Waals surface area contributed by atoms with Gasteiger partial charge in [0.15, 0.2) is 0 Å². The number of rotatable bonds is 4. The predicted octanol–water partition coefficient (Wildman–Crippen LogP) is 2.58. The highest BCUT2D eigenvalue weighted by atomic mass is 35.5. The molecule has 2 amide bonds. The predicted molar refractivity (Wildman–Crippen MR) is 97.8 cm³/mol. The van der Waals surface area contributed by atoms with Gasteiger partial charge in [-0.1, -0.05) is 47.5 Å². The fraction of sp³-hybridized carbons (Fsp3) is 0.167. The molecule has 0 bridgehead atoms. The number of ketones is 1. The van der Waals surface area contributed by atoms with E-state index in [0.717, 1.165) is 6.42 Å². The van der Waals surface area contributed by atoms with Crippen molar-refractivity contribution in [3.8, 4) is 0 Å². The number of allylic oxidation sites excluding steroid dienone is 4. The number of carbonyl (C=O) groups is 2. The summed E-state index contributed by atoms with van der Waals surface area (Å²) in [7, 11) is 0. The summed E-state index contributed by atoms with van der Waals surface area (Å²) >= 11 is 5.71. The number of hydrogen-bond donors (Lipinski definition) is 2. The Labute approximate surface area is 155 Å². The van der Waals surface area contributed by atoms with Crippen molar-refractivity contribution < 1.29 is 14.4 Å². The van der Waals surface area contributed by atoms with Gasteiger partial charge in [0.05, 0.1) is 6.20 Å². The van der Waals surface area contributed by atoms with Gasteiger partial charge >= 0.3 is 6.03 Å². The minimum absolute atomic E-state index is 0.00718. The number of carbonyl (C=O) groups excluding carboxylic acids is 2. The van der Waals surface area contributed by atoms with E-state index in [4.69, 9.17) is 16.4 Å². The third-order valence-electron chi connectivity index (χ3n) is 3.74. The molecule has 1 aromatic carbocycles. The molecule has 1 aliphatic heterocycles. The average molecular weight is 373 g/mol. The van der Waals surface area contributed by atoms with Gasteiger partial charge < -0.3 is 4.84 Å². The van der Waals surface area contributed by atoms with Crippen LogP contribution in [0.15, 0.2) is 70.7 Å². The van der Waals surface area contributed by atoms with E-state index in [9.17, 15) is 9.59 Å². The van der Waals surface area contributed by atoms with Gasteiger partial charge in [0.2, 0.25) is 11.7 Å². The molecule has 1 atom stereocenters. The molecule has 1 aliphatic carbocycles. The highest BCUT2D eigenvalue weighted by Gasteiger charge is 2.21. The minimum atomic E-state index is -0.713. The molecule has 1 aromatic rings. The van der Waals surface area contributed by atoms with Crippen molar-refractivity contribution in [2.24, 2.45) is 4.99 Å². The SMILES string of the molecule is CC(Cc1ccccc1)N1C=C(NC(=O)N=C2C=CC(Cl)=CC2=O)ON1. The van der Waals surface area contributed by atoms with Crippen molar-refractivity contribution in [3.63, 3.8) is 0 Å². The van der Waals surface area contributed by atoms with Crippen molar-refractivity contribution in [1.29, 1.82) is 0 Å². The lowest BCUT2D eigenvalue weighted by molar-refractivity contribution is -0.108. The fourth-order valence-electron chi connectivity index (χ4n) is 2.43. The van der Waals surface area contributed by atoms with Crippen LogP contribution in [-0.2, 0) is 16.1 Å². The highest BCUT2D eigenvalue weighted by molar-refractivity contribution is 6.52. The number of hydrogen-bond acceptors (Lipinski definition) is 5. The van der Waals surface area contributed by atoms with E-state index in [1.807, 2.05) is 37.3 Å². The fourth-order valence-corrected chi connectivity index (χ4v) is 2.59. The Hall–Kier alpha value is -2.90. The zero-order valence-electron chi connectivity index (χ0n) is 14.0. The van der Waals surface area contributed by atoms with Crippen LogP contribution < -0.4 is 10.9 Å². The van der Waals surface area contributed by atoms with E-state index < -0.39 is 11.8 Å². The summed E-state index contributed by atoms with van der Waals surface area (Å²) in [6, 6.07) is 9.41. The number of benzene rings is 1. The first-order valence-electron chi connectivity index (χ1n) is 7.97. The number of nitrogens with one attached hydrogen (secondary N) is 2. The monoisotopic (exact) mass is 372 g/mol. The molecular formula is C18H17ClN4O3. The largest absolute Gasteiger partial charge is 0.369 e. The number of amides is 2. The van der Waals surface area contributed by atoms with Crippen molar-refractivity contribution >= 4 is 29.1 Å². The van der Waals surface area contributed by atoms with Crippen molar-refractivity contribution in [1.82, 2.24) is 15.9 Å². The van der Waals surface area contributed by atoms with Crippen LogP contribution in [-0.4, -0.2) is 28.6 Å². The molecule has 0 fully saturated rings. The summed E-state index contributed by atoms with van der Waals surface area (Å²) in [4.78, 5) is 32.6. The average Bonchev–Trinajstić information content (AvgIpc) is 3.07. The standard InChI is InChI=1S/C18H17ClN4O3/c1-12(9-13-5-3-2-4-6-13)23-11-17(26-22-23)21-18(25)20-15-8-7-14(19)10-16(15)24/h2-8,10-12,22H,9H2,1H3,(H,21,25). The van der Waals surface area contributed by atoms with Gasteiger partial charge in [-0.05, 0) is 31.1 Å². The summed E-state index contributed by atoms with van der Waals surface area (Å²) in [6.45, 7) is 2.02. The third-order valence-corrected chi connectivity index (χ3v) is 3.98. The Morgan fingerprint density at radius 1 is 1.35 bits per heavy atom. The molecule has 0 saturated carbocycles. The Kier molecular flexibility index (Phi) is 5.50. The Balaban J connectivity index is 1.57. The second-order valence-corrected chi connectivity index (χ2v) is 6.22. The van der Waals surface area contributed by atoms with E-state index in [0.29, 0.717) is 5.03 Å². The maximum atomic E-state index is 12.0. The zero-order valence-corrected chi connectivity index (χ0v) is 14.7. The summed E-state index contributed by atoms with van der Waals surface area (Å²) in [5.74, 6) is -0.231. The van der Waals surface area contributed by atoms with Gasteiger partial charge in [-0.15, -0.1) is 0 Å². The van der Waals surface area contributed by atoms with Gasteiger partial charge in [0.25, 0.3) is 0 Å². The zero-order chi connectivity index (χ0) is 18.5. The van der Waals surface area contributed by atoms with Crippen LogP contribution >= 0.6 is 11.6 Å². The molecule has 0 spiro atoms. The number of hydrazine groups is 1. The molecule has 1 heterocycles. The van der Waals surface area contributed by atoms with E-state index >= 15 is 0 Å². The van der Waals surface area contributed by atoms with Crippen LogP contribution in [0.4, 0.5) is 4.79 Å². The van der Waals surface area contributed by atoms with E-state index in [2.05, 4.69) is 15.9 Å². The van der Waals surface area contributed by atoms with Crippen molar-refractivity contribution in [3.05, 3.63) is 71.2 Å². The van der Waals surface area contributed by atoms with Crippen molar-refractivity contribution in [2.45, 2.75) is 19.4 Å². The molecule has 0 saturated heterocycles. The second kappa shape index (κ2) is 7.99. The Morgan fingerprint density at radius 2 is 2.12 bits per heavy atom. The topological polar surface area (TPSA) is 83.0 Å². The molecule has 1 unspecified atom stereocenters. The number of nitrogens with zero attached hydrogens (tertiary/aromatic N) is 2. The first-order valence-corrected chi connectivity index (χ1v) is 8.35. The van der Waals surface area contributed by atoms with Crippen LogP contribution in [0.1, 0.15) is 12.5 Å². The van der Waals surface area contributed by atoms with Gasteiger partial charge in [-0.25, -0.2) is 4.79 Å². The van der Waals surface area contributed by atoms with Crippen LogP contribution in [0.5, 0.6) is 0 Å². The molecule has 0 radical (unpaired) electrons. The molecule has 7 nitrogen and oxygen atoms in total. The first-order chi connectivity index (χ1) is 12.5. The van der Waals surface area contributed by atoms with Crippen LogP contribution in [0.2, 0.25) is 0 Å². The van der Waals surface area contributed by atoms with Gasteiger partial charge in [-0.2, -0.15) is 4.99 Å². The third kappa shape index (κ3) is 4.59. The minimum Gasteiger partial charge on any atom is -0.369 e.